The van der Waals surface area contributed by atoms with Crippen LogP contribution in [-0.2, 0) is 0 Å². The fourth-order valence-electron chi connectivity index (χ4n) is 1.80. The minimum atomic E-state index is -0.500. The van der Waals surface area contributed by atoms with Crippen LogP contribution in [0.5, 0.6) is 5.75 Å². The molecule has 3 nitrogen and oxygen atoms in total. The first-order chi connectivity index (χ1) is 10.4. The van der Waals surface area contributed by atoms with E-state index in [4.69, 9.17) is 27.9 Å². The Hall–Kier alpha value is -1.78. The van der Waals surface area contributed by atoms with E-state index in [0.29, 0.717) is 16.5 Å². The smallest absolute Gasteiger partial charge is 0.257 e. The number of benzene rings is 2. The van der Waals surface area contributed by atoms with Gasteiger partial charge in [0.05, 0.1) is 21.7 Å². The van der Waals surface area contributed by atoms with Gasteiger partial charge in [-0.2, -0.15) is 0 Å². The van der Waals surface area contributed by atoms with Gasteiger partial charge >= 0.3 is 0 Å². The topological polar surface area (TPSA) is 38.3 Å². The van der Waals surface area contributed by atoms with Gasteiger partial charge in [0.1, 0.15) is 11.6 Å². The minimum absolute atomic E-state index is 0.00374. The monoisotopic (exact) mass is 341 g/mol. The largest absolute Gasteiger partial charge is 0.489 e. The van der Waals surface area contributed by atoms with Crippen LogP contribution in [0.2, 0.25) is 10.0 Å². The highest BCUT2D eigenvalue weighted by molar-refractivity contribution is 6.34. The zero-order chi connectivity index (χ0) is 16.3. The van der Waals surface area contributed by atoms with Crippen molar-refractivity contribution in [1.29, 1.82) is 0 Å². The molecule has 1 N–H and O–H groups in total. The van der Waals surface area contributed by atoms with Crippen LogP contribution in [0.1, 0.15) is 24.2 Å². The summed E-state index contributed by atoms with van der Waals surface area (Å²) < 4.78 is 18.5. The summed E-state index contributed by atoms with van der Waals surface area (Å²) in [5, 5.41) is 3.08. The van der Waals surface area contributed by atoms with Crippen LogP contribution in [0.15, 0.2) is 36.4 Å². The molecule has 116 valence electrons. The van der Waals surface area contributed by atoms with Gasteiger partial charge in [0.15, 0.2) is 0 Å². The summed E-state index contributed by atoms with van der Waals surface area (Å²) in [5.41, 5.74) is 0.674. The molecule has 0 saturated heterocycles. The standard InChI is InChI=1S/C16H14Cl2FNO2/c1-9(2)22-15-6-4-11(8-14(15)18)20-16(21)12-5-3-10(19)7-13(12)17/h3-9H,1-2H3,(H,20,21). The molecule has 0 bridgehead atoms. The van der Waals surface area contributed by atoms with Gasteiger partial charge in [-0.25, -0.2) is 4.39 Å². The lowest BCUT2D eigenvalue weighted by molar-refractivity contribution is 0.102. The summed E-state index contributed by atoms with van der Waals surface area (Å²) in [4.78, 5) is 12.1. The minimum Gasteiger partial charge on any atom is -0.489 e. The van der Waals surface area contributed by atoms with Crippen LogP contribution < -0.4 is 10.1 Å². The van der Waals surface area contributed by atoms with Crippen molar-refractivity contribution in [2.75, 3.05) is 5.32 Å². The first-order valence-electron chi connectivity index (χ1n) is 6.59. The van der Waals surface area contributed by atoms with Crippen molar-refractivity contribution in [3.8, 4) is 5.75 Å². The molecule has 0 aliphatic heterocycles. The molecule has 0 aromatic heterocycles. The fraction of sp³-hybridized carbons (Fsp3) is 0.188. The number of ether oxygens (including phenoxy) is 1. The summed E-state index contributed by atoms with van der Waals surface area (Å²) >= 11 is 12.0. The van der Waals surface area contributed by atoms with Gasteiger partial charge in [0.2, 0.25) is 0 Å². The molecule has 0 fully saturated rings. The molecule has 0 spiro atoms. The van der Waals surface area contributed by atoms with Gasteiger partial charge in [0.25, 0.3) is 5.91 Å². The average Bonchev–Trinajstić information content (AvgIpc) is 2.41. The van der Waals surface area contributed by atoms with Gasteiger partial charge < -0.3 is 10.1 Å². The van der Waals surface area contributed by atoms with Crippen molar-refractivity contribution in [2.24, 2.45) is 0 Å². The Morgan fingerprint density at radius 1 is 1.14 bits per heavy atom. The van der Waals surface area contributed by atoms with Crippen LogP contribution in [0.4, 0.5) is 10.1 Å². The SMILES string of the molecule is CC(C)Oc1ccc(NC(=O)c2ccc(F)cc2Cl)cc1Cl. The third kappa shape index (κ3) is 4.12. The van der Waals surface area contributed by atoms with Crippen LogP contribution in [0.3, 0.4) is 0 Å². The highest BCUT2D eigenvalue weighted by Crippen LogP contribution is 2.29. The van der Waals surface area contributed by atoms with Crippen molar-refractivity contribution in [3.05, 3.63) is 57.8 Å². The zero-order valence-electron chi connectivity index (χ0n) is 12.0. The van der Waals surface area contributed by atoms with Gasteiger partial charge in [-0.1, -0.05) is 23.2 Å². The molecule has 0 radical (unpaired) electrons. The second kappa shape index (κ2) is 6.99. The van der Waals surface area contributed by atoms with E-state index in [2.05, 4.69) is 5.32 Å². The van der Waals surface area contributed by atoms with Gasteiger partial charge in [-0.3, -0.25) is 4.79 Å². The third-order valence-electron chi connectivity index (χ3n) is 2.73. The van der Waals surface area contributed by atoms with E-state index < -0.39 is 11.7 Å². The predicted molar refractivity (Wildman–Crippen MR) is 86.6 cm³/mol. The molecule has 0 heterocycles. The fourth-order valence-corrected chi connectivity index (χ4v) is 2.28. The molecule has 0 aliphatic carbocycles. The molecule has 6 heteroatoms. The lowest BCUT2D eigenvalue weighted by Crippen LogP contribution is -2.13. The van der Waals surface area contributed by atoms with Crippen LogP contribution in [-0.4, -0.2) is 12.0 Å². The van der Waals surface area contributed by atoms with Gasteiger partial charge in [-0.05, 0) is 50.2 Å². The Kier molecular flexibility index (Phi) is 5.27. The molecule has 0 atom stereocenters. The molecule has 0 unspecified atom stereocenters. The number of hydrogen-bond acceptors (Lipinski definition) is 2. The molecule has 2 rings (SSSR count). The molecule has 2 aromatic rings. The lowest BCUT2D eigenvalue weighted by Gasteiger charge is -2.13. The maximum Gasteiger partial charge on any atom is 0.257 e. The maximum absolute atomic E-state index is 13.0. The van der Waals surface area contributed by atoms with Crippen LogP contribution >= 0.6 is 23.2 Å². The van der Waals surface area contributed by atoms with Crippen molar-refractivity contribution >= 4 is 34.8 Å². The van der Waals surface area contributed by atoms with Gasteiger partial charge in [-0.15, -0.1) is 0 Å². The van der Waals surface area contributed by atoms with Crippen molar-refractivity contribution in [2.45, 2.75) is 20.0 Å². The van der Waals surface area contributed by atoms with E-state index in [1.54, 1.807) is 18.2 Å². The predicted octanol–water partition coefficient (Wildman–Crippen LogP) is 5.17. The Bertz CT molecular complexity index is 705. The normalized spacial score (nSPS) is 10.6. The van der Waals surface area contributed by atoms with Crippen molar-refractivity contribution in [1.82, 2.24) is 0 Å². The van der Waals surface area contributed by atoms with Crippen molar-refractivity contribution in [3.63, 3.8) is 0 Å². The Labute approximate surface area is 138 Å². The Morgan fingerprint density at radius 3 is 2.45 bits per heavy atom. The quantitative estimate of drug-likeness (QED) is 0.832. The molecule has 0 aliphatic rings. The second-order valence-corrected chi connectivity index (χ2v) is 5.70. The molecule has 1 amide bonds. The Balaban J connectivity index is 2.16. The van der Waals surface area contributed by atoms with Crippen LogP contribution in [0.25, 0.3) is 0 Å². The molecular formula is C16H14Cl2FNO2. The summed E-state index contributed by atoms with van der Waals surface area (Å²) in [6.45, 7) is 3.78. The molecule has 2 aromatic carbocycles. The molecular weight excluding hydrogens is 328 g/mol. The number of anilines is 1. The van der Waals surface area contributed by atoms with Gasteiger partial charge in [0, 0.05) is 5.69 Å². The zero-order valence-corrected chi connectivity index (χ0v) is 13.5. The van der Waals surface area contributed by atoms with Crippen molar-refractivity contribution < 1.29 is 13.9 Å². The summed E-state index contributed by atoms with van der Waals surface area (Å²) in [6.07, 6.45) is -0.00374. The molecule has 0 saturated carbocycles. The van der Waals surface area contributed by atoms with E-state index >= 15 is 0 Å². The molecule has 22 heavy (non-hydrogen) atoms. The first-order valence-corrected chi connectivity index (χ1v) is 7.35. The van der Waals surface area contributed by atoms with E-state index in [0.717, 1.165) is 6.07 Å². The van der Waals surface area contributed by atoms with E-state index in [-0.39, 0.29) is 16.7 Å². The average molecular weight is 342 g/mol. The third-order valence-corrected chi connectivity index (χ3v) is 3.34. The number of carbonyl (C=O) groups excluding carboxylic acids is 1. The second-order valence-electron chi connectivity index (χ2n) is 4.89. The maximum atomic E-state index is 13.0. The lowest BCUT2D eigenvalue weighted by atomic mass is 10.2. The number of hydrogen-bond donors (Lipinski definition) is 1. The Morgan fingerprint density at radius 2 is 1.86 bits per heavy atom. The number of carbonyl (C=O) groups is 1. The van der Waals surface area contributed by atoms with Crippen LogP contribution in [0, 0.1) is 5.82 Å². The number of halogens is 3. The highest BCUT2D eigenvalue weighted by Gasteiger charge is 2.12. The van der Waals surface area contributed by atoms with E-state index in [1.807, 2.05) is 13.8 Å². The summed E-state index contributed by atoms with van der Waals surface area (Å²) in [5.74, 6) is -0.409. The number of amides is 1. The highest BCUT2D eigenvalue weighted by atomic mass is 35.5. The van der Waals surface area contributed by atoms with E-state index in [1.165, 1.54) is 12.1 Å². The van der Waals surface area contributed by atoms with E-state index in [9.17, 15) is 9.18 Å². The summed E-state index contributed by atoms with van der Waals surface area (Å²) in [6, 6.07) is 8.50. The first kappa shape index (κ1) is 16.6. The number of rotatable bonds is 4. The summed E-state index contributed by atoms with van der Waals surface area (Å²) in [7, 11) is 0. The number of nitrogens with one attached hydrogen (secondary N) is 1.